The Balaban J connectivity index is 2.28. The normalized spacial score (nSPS) is 20.9. The Labute approximate surface area is 112 Å². The van der Waals surface area contributed by atoms with Gasteiger partial charge >= 0.3 is 0 Å². The number of hydrogen-bond donors (Lipinski definition) is 1. The third-order valence-electron chi connectivity index (χ3n) is 3.22. The topological polar surface area (TPSA) is 50.9 Å². The van der Waals surface area contributed by atoms with Gasteiger partial charge in [0.1, 0.15) is 0 Å². The van der Waals surface area contributed by atoms with Crippen LogP contribution in [0.15, 0.2) is 29.3 Å². The van der Waals surface area contributed by atoms with Crippen molar-refractivity contribution in [3.8, 4) is 0 Å². The molecule has 2 unspecified atom stereocenters. The SMILES string of the molecule is COCC(C)C1CN=C(N)N1c1ccccc1Cl. The number of anilines is 1. The molecular weight excluding hydrogens is 250 g/mol. The minimum absolute atomic E-state index is 0.199. The fraction of sp³-hybridized carbons (Fsp3) is 0.462. The van der Waals surface area contributed by atoms with E-state index < -0.39 is 0 Å². The van der Waals surface area contributed by atoms with Crippen molar-refractivity contribution in [2.45, 2.75) is 13.0 Å². The Bertz CT molecular complexity index is 450. The molecule has 0 saturated heterocycles. The summed E-state index contributed by atoms with van der Waals surface area (Å²) in [6.07, 6.45) is 0. The van der Waals surface area contributed by atoms with Crippen LogP contribution in [0.2, 0.25) is 5.02 Å². The second-order valence-corrected chi connectivity index (χ2v) is 4.93. The van der Waals surface area contributed by atoms with Crippen LogP contribution in [0.3, 0.4) is 0 Å². The van der Waals surface area contributed by atoms with E-state index in [2.05, 4.69) is 11.9 Å². The van der Waals surface area contributed by atoms with Crippen LogP contribution in [0.4, 0.5) is 5.69 Å². The fourth-order valence-electron chi connectivity index (χ4n) is 2.27. The van der Waals surface area contributed by atoms with E-state index in [4.69, 9.17) is 22.1 Å². The second-order valence-electron chi connectivity index (χ2n) is 4.52. The van der Waals surface area contributed by atoms with Gasteiger partial charge in [-0.3, -0.25) is 4.99 Å². The number of rotatable bonds is 4. The van der Waals surface area contributed by atoms with Crippen LogP contribution in [0.1, 0.15) is 6.92 Å². The second kappa shape index (κ2) is 5.59. The summed E-state index contributed by atoms with van der Waals surface area (Å²) >= 11 is 6.23. The average molecular weight is 268 g/mol. The van der Waals surface area contributed by atoms with Crippen LogP contribution < -0.4 is 10.6 Å². The third-order valence-corrected chi connectivity index (χ3v) is 3.54. The molecule has 2 N–H and O–H groups in total. The minimum atomic E-state index is 0.199. The van der Waals surface area contributed by atoms with E-state index in [1.807, 2.05) is 29.2 Å². The molecule has 0 spiro atoms. The molecule has 2 atom stereocenters. The summed E-state index contributed by atoms with van der Waals surface area (Å²) in [6.45, 7) is 3.49. The molecule has 5 heteroatoms. The molecular formula is C13H18ClN3O. The number of aliphatic imine (C=N–C) groups is 1. The summed E-state index contributed by atoms with van der Waals surface area (Å²) in [5, 5.41) is 0.687. The first-order valence-electron chi connectivity index (χ1n) is 5.97. The van der Waals surface area contributed by atoms with Crippen molar-refractivity contribution in [3.63, 3.8) is 0 Å². The van der Waals surface area contributed by atoms with E-state index in [1.165, 1.54) is 0 Å². The maximum atomic E-state index is 6.23. The standard InChI is InChI=1S/C13H18ClN3O/c1-9(8-18-2)12-7-16-13(15)17(12)11-6-4-3-5-10(11)14/h3-6,9,12H,7-8H2,1-2H3,(H2,15,16). The highest BCUT2D eigenvalue weighted by atomic mass is 35.5. The van der Waals surface area contributed by atoms with Gasteiger partial charge in [-0.1, -0.05) is 30.7 Å². The van der Waals surface area contributed by atoms with E-state index in [0.717, 1.165) is 5.69 Å². The Morgan fingerprint density at radius 3 is 2.94 bits per heavy atom. The largest absolute Gasteiger partial charge is 0.384 e. The molecule has 1 aromatic carbocycles. The molecule has 1 aliphatic heterocycles. The Morgan fingerprint density at radius 1 is 1.56 bits per heavy atom. The number of methoxy groups -OCH3 is 1. The molecule has 0 fully saturated rings. The number of hydrogen-bond acceptors (Lipinski definition) is 4. The zero-order valence-corrected chi connectivity index (χ0v) is 11.4. The Kier molecular flexibility index (Phi) is 4.09. The van der Waals surface area contributed by atoms with Crippen molar-refractivity contribution in [1.82, 2.24) is 0 Å². The molecule has 98 valence electrons. The number of nitrogens with two attached hydrogens (primary N) is 1. The summed E-state index contributed by atoms with van der Waals surface area (Å²) in [5.74, 6) is 0.854. The smallest absolute Gasteiger partial charge is 0.196 e. The monoisotopic (exact) mass is 267 g/mol. The van der Waals surface area contributed by atoms with Crippen molar-refractivity contribution in [1.29, 1.82) is 0 Å². The molecule has 18 heavy (non-hydrogen) atoms. The summed E-state index contributed by atoms with van der Waals surface area (Å²) in [4.78, 5) is 6.33. The summed E-state index contributed by atoms with van der Waals surface area (Å²) in [7, 11) is 1.70. The summed E-state index contributed by atoms with van der Waals surface area (Å²) < 4.78 is 5.21. The number of halogens is 1. The predicted molar refractivity (Wildman–Crippen MR) is 75.2 cm³/mol. The number of guanidine groups is 1. The van der Waals surface area contributed by atoms with E-state index >= 15 is 0 Å². The van der Waals surface area contributed by atoms with Crippen LogP contribution in [-0.2, 0) is 4.74 Å². The predicted octanol–water partition coefficient (Wildman–Crippen LogP) is 2.13. The lowest BCUT2D eigenvalue weighted by Gasteiger charge is -2.31. The van der Waals surface area contributed by atoms with Gasteiger partial charge in [-0.2, -0.15) is 0 Å². The summed E-state index contributed by atoms with van der Waals surface area (Å²) in [5.41, 5.74) is 6.89. The molecule has 0 amide bonds. The van der Waals surface area contributed by atoms with E-state index in [-0.39, 0.29) is 6.04 Å². The fourth-order valence-corrected chi connectivity index (χ4v) is 2.50. The highest BCUT2D eigenvalue weighted by Gasteiger charge is 2.32. The maximum absolute atomic E-state index is 6.23. The van der Waals surface area contributed by atoms with Gasteiger partial charge in [0, 0.05) is 13.0 Å². The van der Waals surface area contributed by atoms with Gasteiger partial charge in [-0.25, -0.2) is 0 Å². The van der Waals surface area contributed by atoms with Crippen molar-refractivity contribution >= 4 is 23.2 Å². The molecule has 1 heterocycles. The maximum Gasteiger partial charge on any atom is 0.196 e. The van der Waals surface area contributed by atoms with Crippen molar-refractivity contribution in [2.75, 3.05) is 25.2 Å². The molecule has 0 bridgehead atoms. The highest BCUT2D eigenvalue weighted by molar-refractivity contribution is 6.33. The van der Waals surface area contributed by atoms with E-state index in [0.29, 0.717) is 30.1 Å². The average Bonchev–Trinajstić information content (AvgIpc) is 2.72. The van der Waals surface area contributed by atoms with Crippen molar-refractivity contribution in [3.05, 3.63) is 29.3 Å². The highest BCUT2D eigenvalue weighted by Crippen LogP contribution is 2.31. The molecule has 4 nitrogen and oxygen atoms in total. The molecule has 0 aliphatic carbocycles. The van der Waals surface area contributed by atoms with Crippen LogP contribution in [0, 0.1) is 5.92 Å². The minimum Gasteiger partial charge on any atom is -0.384 e. The number of nitrogens with zero attached hydrogens (tertiary/aromatic N) is 2. The molecule has 0 saturated carbocycles. The zero-order valence-electron chi connectivity index (χ0n) is 10.6. The lowest BCUT2D eigenvalue weighted by Crippen LogP contribution is -2.45. The molecule has 1 aliphatic rings. The van der Waals surface area contributed by atoms with Gasteiger partial charge < -0.3 is 15.4 Å². The Hall–Kier alpha value is -1.26. The Morgan fingerprint density at radius 2 is 2.28 bits per heavy atom. The lowest BCUT2D eigenvalue weighted by atomic mass is 10.0. The number of ether oxygens (including phenoxy) is 1. The van der Waals surface area contributed by atoms with Crippen LogP contribution in [0.25, 0.3) is 0 Å². The van der Waals surface area contributed by atoms with E-state index in [1.54, 1.807) is 7.11 Å². The first-order valence-corrected chi connectivity index (χ1v) is 6.35. The molecule has 2 rings (SSSR count). The van der Waals surface area contributed by atoms with Gasteiger partial charge in [0.25, 0.3) is 0 Å². The molecule has 0 radical (unpaired) electrons. The van der Waals surface area contributed by atoms with Gasteiger partial charge in [0.05, 0.1) is 29.9 Å². The summed E-state index contributed by atoms with van der Waals surface area (Å²) in [6, 6.07) is 7.88. The molecule has 0 aromatic heterocycles. The van der Waals surface area contributed by atoms with Crippen LogP contribution in [0.5, 0.6) is 0 Å². The van der Waals surface area contributed by atoms with Gasteiger partial charge in [-0.05, 0) is 12.1 Å². The lowest BCUT2D eigenvalue weighted by molar-refractivity contribution is 0.150. The first kappa shape index (κ1) is 13.2. The van der Waals surface area contributed by atoms with Gasteiger partial charge in [0.15, 0.2) is 5.96 Å². The van der Waals surface area contributed by atoms with E-state index in [9.17, 15) is 0 Å². The van der Waals surface area contributed by atoms with Crippen molar-refractivity contribution in [2.24, 2.45) is 16.6 Å². The zero-order chi connectivity index (χ0) is 13.1. The first-order chi connectivity index (χ1) is 8.65. The van der Waals surface area contributed by atoms with Gasteiger partial charge in [-0.15, -0.1) is 0 Å². The van der Waals surface area contributed by atoms with Crippen LogP contribution >= 0.6 is 11.6 Å². The third kappa shape index (κ3) is 2.44. The van der Waals surface area contributed by atoms with Crippen molar-refractivity contribution < 1.29 is 4.74 Å². The van der Waals surface area contributed by atoms with Gasteiger partial charge in [0.2, 0.25) is 0 Å². The number of benzene rings is 1. The van der Waals surface area contributed by atoms with Crippen LogP contribution in [-0.4, -0.2) is 32.3 Å². The quantitative estimate of drug-likeness (QED) is 0.909. The number of para-hydroxylation sites is 1. The molecule has 1 aromatic rings.